The van der Waals surface area contributed by atoms with Gasteiger partial charge >= 0.3 is 0 Å². The van der Waals surface area contributed by atoms with Crippen LogP contribution in [0.4, 0.5) is 5.13 Å². The second-order valence-electron chi connectivity index (χ2n) is 5.18. The van der Waals surface area contributed by atoms with Crippen LogP contribution in [0.1, 0.15) is 15.2 Å². The molecule has 0 radical (unpaired) electrons. The number of anilines is 1. The Hall–Kier alpha value is -2.93. The lowest BCUT2D eigenvalue weighted by atomic mass is 10.1. The zero-order valence-electron chi connectivity index (χ0n) is 14.1. The van der Waals surface area contributed by atoms with E-state index in [1.807, 2.05) is 25.1 Å². The minimum absolute atomic E-state index is 0.213. The smallest absolute Gasteiger partial charge is 0.257 e. The van der Waals surface area contributed by atoms with E-state index in [2.05, 4.69) is 15.3 Å². The lowest BCUT2D eigenvalue weighted by molar-refractivity contribution is 0.102. The molecule has 0 aliphatic heterocycles. The summed E-state index contributed by atoms with van der Waals surface area (Å²) in [6.07, 6.45) is 3.16. The molecule has 0 fully saturated rings. The van der Waals surface area contributed by atoms with Crippen LogP contribution in [0.15, 0.2) is 42.7 Å². The molecule has 1 amide bonds. The molecule has 0 saturated carbocycles. The molecule has 1 N–H and O–H groups in total. The molecule has 0 aliphatic carbocycles. The van der Waals surface area contributed by atoms with Gasteiger partial charge < -0.3 is 9.47 Å². The van der Waals surface area contributed by atoms with Crippen molar-refractivity contribution in [1.82, 2.24) is 9.97 Å². The van der Waals surface area contributed by atoms with Crippen molar-refractivity contribution in [3.63, 3.8) is 0 Å². The monoisotopic (exact) mass is 355 g/mol. The van der Waals surface area contributed by atoms with Crippen molar-refractivity contribution < 1.29 is 14.3 Å². The minimum atomic E-state index is -0.213. The quantitative estimate of drug-likeness (QED) is 0.754. The topological polar surface area (TPSA) is 73.3 Å². The van der Waals surface area contributed by atoms with Gasteiger partial charge in [-0.15, -0.1) is 11.3 Å². The number of carbonyl (C=O) groups is 1. The van der Waals surface area contributed by atoms with Crippen molar-refractivity contribution in [3.8, 4) is 22.8 Å². The fraction of sp³-hybridized carbons (Fsp3) is 0.167. The predicted molar refractivity (Wildman–Crippen MR) is 97.6 cm³/mol. The molecule has 25 heavy (non-hydrogen) atoms. The van der Waals surface area contributed by atoms with Crippen molar-refractivity contribution in [2.45, 2.75) is 6.92 Å². The van der Waals surface area contributed by atoms with Gasteiger partial charge in [-0.1, -0.05) is 0 Å². The van der Waals surface area contributed by atoms with Gasteiger partial charge in [0, 0.05) is 28.4 Å². The largest absolute Gasteiger partial charge is 0.493 e. The number of hydrogen-bond donors (Lipinski definition) is 1. The van der Waals surface area contributed by atoms with E-state index in [-0.39, 0.29) is 5.91 Å². The number of aryl methyl sites for hydroxylation is 1. The first-order valence-corrected chi connectivity index (χ1v) is 8.35. The van der Waals surface area contributed by atoms with Crippen LogP contribution in [0.3, 0.4) is 0 Å². The molecule has 128 valence electrons. The fourth-order valence-electron chi connectivity index (χ4n) is 2.37. The summed E-state index contributed by atoms with van der Waals surface area (Å²) in [5.41, 5.74) is 2.24. The van der Waals surface area contributed by atoms with Gasteiger partial charge in [-0.25, -0.2) is 4.98 Å². The van der Waals surface area contributed by atoms with Gasteiger partial charge in [0.25, 0.3) is 5.91 Å². The number of rotatable bonds is 5. The maximum Gasteiger partial charge on any atom is 0.257 e. The van der Waals surface area contributed by atoms with Crippen molar-refractivity contribution in [3.05, 3.63) is 53.2 Å². The molecule has 0 aliphatic rings. The third-order valence-corrected chi connectivity index (χ3v) is 4.50. The molecule has 7 heteroatoms. The molecule has 0 atom stereocenters. The van der Waals surface area contributed by atoms with E-state index in [0.29, 0.717) is 22.2 Å². The van der Waals surface area contributed by atoms with Gasteiger partial charge in [-0.2, -0.15) is 0 Å². The number of hydrogen-bond acceptors (Lipinski definition) is 6. The standard InChI is InChI=1S/C18H17N3O3S/c1-11-16(13-4-5-14(23-2)15(10-13)24-3)20-18(25-11)21-17(22)12-6-8-19-9-7-12/h4-10H,1-3H3,(H,20,21,22). The van der Waals surface area contributed by atoms with Crippen LogP contribution in [-0.2, 0) is 0 Å². The number of thiazole rings is 1. The Morgan fingerprint density at radius 3 is 2.48 bits per heavy atom. The van der Waals surface area contributed by atoms with Crippen LogP contribution < -0.4 is 14.8 Å². The average molecular weight is 355 g/mol. The zero-order valence-corrected chi connectivity index (χ0v) is 14.9. The highest BCUT2D eigenvalue weighted by Crippen LogP contribution is 2.36. The van der Waals surface area contributed by atoms with Crippen LogP contribution in [0, 0.1) is 6.92 Å². The first-order valence-electron chi connectivity index (χ1n) is 7.53. The van der Waals surface area contributed by atoms with Crippen molar-refractivity contribution in [2.24, 2.45) is 0 Å². The number of pyridine rings is 1. The van der Waals surface area contributed by atoms with E-state index < -0.39 is 0 Å². The molecular weight excluding hydrogens is 338 g/mol. The molecule has 1 aromatic carbocycles. The Kier molecular flexibility index (Phi) is 4.95. The molecule has 3 aromatic rings. The van der Waals surface area contributed by atoms with Crippen LogP contribution in [-0.4, -0.2) is 30.1 Å². The Labute approximate surface area is 149 Å². The van der Waals surface area contributed by atoms with Crippen molar-refractivity contribution in [1.29, 1.82) is 0 Å². The van der Waals surface area contributed by atoms with Crippen molar-refractivity contribution in [2.75, 3.05) is 19.5 Å². The van der Waals surface area contributed by atoms with E-state index in [9.17, 15) is 4.79 Å². The molecule has 0 saturated heterocycles. The third kappa shape index (κ3) is 3.61. The summed E-state index contributed by atoms with van der Waals surface area (Å²) >= 11 is 1.42. The van der Waals surface area contributed by atoms with E-state index >= 15 is 0 Å². The summed E-state index contributed by atoms with van der Waals surface area (Å²) in [6.45, 7) is 1.96. The summed E-state index contributed by atoms with van der Waals surface area (Å²) in [5, 5.41) is 3.37. The van der Waals surface area contributed by atoms with Gasteiger partial charge in [0.1, 0.15) is 0 Å². The van der Waals surface area contributed by atoms with Crippen LogP contribution in [0.25, 0.3) is 11.3 Å². The Balaban J connectivity index is 1.87. The highest BCUT2D eigenvalue weighted by Gasteiger charge is 2.15. The van der Waals surface area contributed by atoms with Gasteiger partial charge in [0.15, 0.2) is 16.6 Å². The molecule has 0 unspecified atom stereocenters. The maximum atomic E-state index is 12.2. The van der Waals surface area contributed by atoms with Gasteiger partial charge in [0.2, 0.25) is 0 Å². The highest BCUT2D eigenvalue weighted by molar-refractivity contribution is 7.16. The first kappa shape index (κ1) is 16.9. The number of ether oxygens (including phenoxy) is 2. The molecule has 6 nitrogen and oxygen atoms in total. The number of nitrogens with zero attached hydrogens (tertiary/aromatic N) is 2. The van der Waals surface area contributed by atoms with Gasteiger partial charge in [-0.3, -0.25) is 15.1 Å². The number of benzene rings is 1. The van der Waals surface area contributed by atoms with Crippen LogP contribution >= 0.6 is 11.3 Å². The SMILES string of the molecule is COc1ccc(-c2nc(NC(=O)c3ccncc3)sc2C)cc1OC. The Bertz CT molecular complexity index is 894. The van der Waals surface area contributed by atoms with E-state index in [1.165, 1.54) is 11.3 Å². The van der Waals surface area contributed by atoms with Gasteiger partial charge in [-0.05, 0) is 37.3 Å². The molecular formula is C18H17N3O3S. The molecule has 0 bridgehead atoms. The lowest BCUT2D eigenvalue weighted by Crippen LogP contribution is -2.11. The average Bonchev–Trinajstić information content (AvgIpc) is 3.01. The summed E-state index contributed by atoms with van der Waals surface area (Å²) in [7, 11) is 3.19. The summed E-state index contributed by atoms with van der Waals surface area (Å²) < 4.78 is 10.6. The minimum Gasteiger partial charge on any atom is -0.493 e. The summed E-state index contributed by atoms with van der Waals surface area (Å²) in [6, 6.07) is 8.94. The molecule has 2 aromatic heterocycles. The molecule has 2 heterocycles. The summed E-state index contributed by atoms with van der Waals surface area (Å²) in [4.78, 5) is 21.7. The number of nitrogens with one attached hydrogen (secondary N) is 1. The third-order valence-electron chi connectivity index (χ3n) is 3.62. The Morgan fingerprint density at radius 2 is 1.80 bits per heavy atom. The fourth-order valence-corrected chi connectivity index (χ4v) is 3.20. The molecule has 0 spiro atoms. The number of aromatic nitrogens is 2. The second kappa shape index (κ2) is 7.31. The van der Waals surface area contributed by atoms with E-state index in [1.54, 1.807) is 38.7 Å². The summed E-state index contributed by atoms with van der Waals surface area (Å²) in [5.74, 6) is 1.08. The van der Waals surface area contributed by atoms with Crippen molar-refractivity contribution >= 4 is 22.4 Å². The highest BCUT2D eigenvalue weighted by atomic mass is 32.1. The number of amides is 1. The second-order valence-corrected chi connectivity index (χ2v) is 6.39. The number of methoxy groups -OCH3 is 2. The Morgan fingerprint density at radius 1 is 1.08 bits per heavy atom. The zero-order chi connectivity index (χ0) is 17.8. The lowest BCUT2D eigenvalue weighted by Gasteiger charge is -2.08. The molecule has 3 rings (SSSR count). The first-order chi connectivity index (χ1) is 12.1. The van der Waals surface area contributed by atoms with Crippen LogP contribution in [0.2, 0.25) is 0 Å². The normalized spacial score (nSPS) is 10.4. The van der Waals surface area contributed by atoms with E-state index in [4.69, 9.17) is 9.47 Å². The van der Waals surface area contributed by atoms with Crippen LogP contribution in [0.5, 0.6) is 11.5 Å². The predicted octanol–water partition coefficient (Wildman–Crippen LogP) is 3.78. The maximum absolute atomic E-state index is 12.2. The van der Waals surface area contributed by atoms with Gasteiger partial charge in [0.05, 0.1) is 19.9 Å². The van der Waals surface area contributed by atoms with E-state index in [0.717, 1.165) is 16.1 Å². The number of carbonyl (C=O) groups excluding carboxylic acids is 1.